The molecule has 13 heavy (non-hydrogen) atoms. The molecular weight excluding hydrogens is 180 g/mol. The molecule has 0 amide bonds. The maximum atomic E-state index is 4.86. The number of thioether (sulfide) groups is 1. The quantitative estimate of drug-likeness (QED) is 0.525. The molecule has 0 aliphatic rings. The zero-order valence-corrected chi connectivity index (χ0v) is 8.65. The van der Waals surface area contributed by atoms with Gasteiger partial charge >= 0.3 is 0 Å². The van der Waals surface area contributed by atoms with Crippen LogP contribution in [0.4, 0.5) is 0 Å². The van der Waals surface area contributed by atoms with Crippen LogP contribution < -0.4 is 0 Å². The standard InChI is InChI=1S/C11H12OS/c1-12-9-5-7-10-6-3-4-8-11(10)13-2/h3-4,6,8H,9H2,1-2H3. The van der Waals surface area contributed by atoms with Crippen molar-refractivity contribution < 1.29 is 4.74 Å². The fourth-order valence-corrected chi connectivity index (χ4v) is 1.51. The van der Waals surface area contributed by atoms with Crippen molar-refractivity contribution in [2.75, 3.05) is 20.0 Å². The Balaban J connectivity index is 2.82. The van der Waals surface area contributed by atoms with Crippen LogP contribution in [-0.2, 0) is 4.74 Å². The van der Waals surface area contributed by atoms with Gasteiger partial charge in [-0.2, -0.15) is 0 Å². The van der Waals surface area contributed by atoms with Crippen molar-refractivity contribution in [3.63, 3.8) is 0 Å². The van der Waals surface area contributed by atoms with E-state index in [1.807, 2.05) is 18.2 Å². The molecule has 1 aromatic rings. The topological polar surface area (TPSA) is 9.23 Å². The van der Waals surface area contributed by atoms with Gasteiger partial charge in [0.15, 0.2) is 0 Å². The molecule has 0 aromatic heterocycles. The summed E-state index contributed by atoms with van der Waals surface area (Å²) in [6, 6.07) is 8.11. The van der Waals surface area contributed by atoms with Gasteiger partial charge in [0.25, 0.3) is 0 Å². The Morgan fingerprint density at radius 2 is 2.15 bits per heavy atom. The Morgan fingerprint density at radius 3 is 2.85 bits per heavy atom. The first-order valence-electron chi connectivity index (χ1n) is 3.99. The summed E-state index contributed by atoms with van der Waals surface area (Å²) in [5, 5.41) is 0. The smallest absolute Gasteiger partial charge is 0.107 e. The van der Waals surface area contributed by atoms with E-state index < -0.39 is 0 Å². The van der Waals surface area contributed by atoms with Crippen molar-refractivity contribution in [3.8, 4) is 11.8 Å². The predicted molar refractivity (Wildman–Crippen MR) is 57.0 cm³/mol. The van der Waals surface area contributed by atoms with Gasteiger partial charge in [0.2, 0.25) is 0 Å². The first kappa shape index (κ1) is 10.2. The van der Waals surface area contributed by atoms with Crippen LogP contribution in [0, 0.1) is 11.8 Å². The Hall–Kier alpha value is -0.910. The van der Waals surface area contributed by atoms with Crippen LogP contribution in [-0.4, -0.2) is 20.0 Å². The summed E-state index contributed by atoms with van der Waals surface area (Å²) in [6.45, 7) is 0.489. The first-order valence-corrected chi connectivity index (χ1v) is 5.21. The molecule has 1 aromatic carbocycles. The molecule has 0 bridgehead atoms. The third-order valence-electron chi connectivity index (χ3n) is 1.55. The average Bonchev–Trinajstić information content (AvgIpc) is 2.19. The third-order valence-corrected chi connectivity index (χ3v) is 2.34. The van der Waals surface area contributed by atoms with Crippen LogP contribution >= 0.6 is 11.8 Å². The van der Waals surface area contributed by atoms with Gasteiger partial charge in [0, 0.05) is 17.6 Å². The molecule has 1 nitrogen and oxygen atoms in total. The van der Waals surface area contributed by atoms with Gasteiger partial charge in [-0.15, -0.1) is 11.8 Å². The Labute approximate surface area is 83.5 Å². The fourth-order valence-electron chi connectivity index (χ4n) is 0.951. The zero-order valence-electron chi connectivity index (χ0n) is 7.83. The molecule has 0 radical (unpaired) electrons. The van der Waals surface area contributed by atoms with Gasteiger partial charge in [0.05, 0.1) is 0 Å². The lowest BCUT2D eigenvalue weighted by atomic mass is 10.2. The van der Waals surface area contributed by atoms with E-state index in [2.05, 4.69) is 24.2 Å². The SMILES string of the molecule is COCC#Cc1ccccc1SC. The van der Waals surface area contributed by atoms with Crippen molar-refractivity contribution in [1.29, 1.82) is 0 Å². The van der Waals surface area contributed by atoms with Crippen LogP contribution in [0.25, 0.3) is 0 Å². The Kier molecular flexibility index (Phi) is 4.45. The minimum Gasteiger partial charge on any atom is -0.372 e. The van der Waals surface area contributed by atoms with Crippen molar-refractivity contribution in [1.82, 2.24) is 0 Å². The number of hydrogen-bond donors (Lipinski definition) is 0. The molecule has 0 aliphatic heterocycles. The monoisotopic (exact) mass is 192 g/mol. The summed E-state index contributed by atoms with van der Waals surface area (Å²) < 4.78 is 4.86. The van der Waals surface area contributed by atoms with Gasteiger partial charge in [0.1, 0.15) is 6.61 Å². The van der Waals surface area contributed by atoms with E-state index in [1.165, 1.54) is 4.90 Å². The first-order chi connectivity index (χ1) is 6.38. The van der Waals surface area contributed by atoms with Gasteiger partial charge < -0.3 is 4.74 Å². The zero-order chi connectivity index (χ0) is 9.52. The fraction of sp³-hybridized carbons (Fsp3) is 0.273. The van der Waals surface area contributed by atoms with E-state index in [9.17, 15) is 0 Å². The Bertz CT molecular complexity index is 322. The molecule has 0 spiro atoms. The van der Waals surface area contributed by atoms with E-state index >= 15 is 0 Å². The second-order valence-electron chi connectivity index (χ2n) is 2.44. The van der Waals surface area contributed by atoms with Gasteiger partial charge in [-0.3, -0.25) is 0 Å². The molecule has 1 rings (SSSR count). The molecule has 68 valence electrons. The summed E-state index contributed by atoms with van der Waals surface area (Å²) in [5.41, 5.74) is 1.08. The van der Waals surface area contributed by atoms with Crippen molar-refractivity contribution in [3.05, 3.63) is 29.8 Å². The van der Waals surface area contributed by atoms with Crippen molar-refractivity contribution in [2.24, 2.45) is 0 Å². The molecule has 0 saturated carbocycles. The molecule has 0 saturated heterocycles. The lowest BCUT2D eigenvalue weighted by molar-refractivity contribution is 0.240. The van der Waals surface area contributed by atoms with Crippen LogP contribution in [0.3, 0.4) is 0 Å². The second-order valence-corrected chi connectivity index (χ2v) is 3.28. The van der Waals surface area contributed by atoms with Gasteiger partial charge in [-0.05, 0) is 18.4 Å². The van der Waals surface area contributed by atoms with Crippen LogP contribution in [0.15, 0.2) is 29.2 Å². The highest BCUT2D eigenvalue weighted by Crippen LogP contribution is 2.18. The third kappa shape index (κ3) is 3.14. The van der Waals surface area contributed by atoms with E-state index in [4.69, 9.17) is 4.74 Å². The lowest BCUT2D eigenvalue weighted by Gasteiger charge is -1.98. The molecule has 0 heterocycles. The number of methoxy groups -OCH3 is 1. The number of ether oxygens (including phenoxy) is 1. The molecule has 0 atom stereocenters. The predicted octanol–water partition coefficient (Wildman–Crippen LogP) is 2.41. The number of benzene rings is 1. The van der Waals surface area contributed by atoms with Crippen LogP contribution in [0.2, 0.25) is 0 Å². The number of hydrogen-bond acceptors (Lipinski definition) is 2. The highest BCUT2D eigenvalue weighted by molar-refractivity contribution is 7.98. The maximum absolute atomic E-state index is 4.86. The average molecular weight is 192 g/mol. The van der Waals surface area contributed by atoms with E-state index in [1.54, 1.807) is 18.9 Å². The molecule has 0 N–H and O–H groups in total. The maximum Gasteiger partial charge on any atom is 0.107 e. The van der Waals surface area contributed by atoms with Crippen LogP contribution in [0.1, 0.15) is 5.56 Å². The summed E-state index contributed by atoms with van der Waals surface area (Å²) in [4.78, 5) is 1.21. The lowest BCUT2D eigenvalue weighted by Crippen LogP contribution is -1.83. The van der Waals surface area contributed by atoms with Crippen molar-refractivity contribution >= 4 is 11.8 Å². The van der Waals surface area contributed by atoms with Gasteiger partial charge in [-0.25, -0.2) is 0 Å². The normalized spacial score (nSPS) is 9.08. The highest BCUT2D eigenvalue weighted by Gasteiger charge is 1.94. The highest BCUT2D eigenvalue weighted by atomic mass is 32.2. The van der Waals surface area contributed by atoms with E-state index in [0.29, 0.717) is 6.61 Å². The summed E-state index contributed by atoms with van der Waals surface area (Å²) in [5.74, 6) is 6.01. The molecule has 0 aliphatic carbocycles. The second kappa shape index (κ2) is 5.69. The summed E-state index contributed by atoms with van der Waals surface area (Å²) in [7, 11) is 1.65. The summed E-state index contributed by atoms with van der Waals surface area (Å²) in [6.07, 6.45) is 2.05. The molecular formula is C11H12OS. The number of rotatable bonds is 2. The van der Waals surface area contributed by atoms with Crippen molar-refractivity contribution in [2.45, 2.75) is 4.90 Å². The Morgan fingerprint density at radius 1 is 1.38 bits per heavy atom. The van der Waals surface area contributed by atoms with Crippen LogP contribution in [0.5, 0.6) is 0 Å². The largest absolute Gasteiger partial charge is 0.372 e. The minimum absolute atomic E-state index is 0.489. The van der Waals surface area contributed by atoms with E-state index in [-0.39, 0.29) is 0 Å². The molecule has 2 heteroatoms. The summed E-state index contributed by atoms with van der Waals surface area (Å²) >= 11 is 1.71. The minimum atomic E-state index is 0.489. The van der Waals surface area contributed by atoms with Gasteiger partial charge in [-0.1, -0.05) is 24.0 Å². The van der Waals surface area contributed by atoms with E-state index in [0.717, 1.165) is 5.56 Å². The molecule has 0 unspecified atom stereocenters. The molecule has 0 fully saturated rings.